The monoisotopic (exact) mass is 373 g/mol. The fraction of sp³-hybridized carbons (Fsp3) is 0.474. The maximum absolute atomic E-state index is 13.0. The summed E-state index contributed by atoms with van der Waals surface area (Å²) in [5.41, 5.74) is 2.49. The van der Waals surface area contributed by atoms with E-state index in [0.29, 0.717) is 36.7 Å². The minimum absolute atomic E-state index is 0.0262. The van der Waals surface area contributed by atoms with Crippen LogP contribution < -0.4 is 4.74 Å². The standard InChI is InChI=1S/C19H23N3O3S/c23-26(24,18-8-7-15-4-1-2-5-16(15)14-18)22-12-9-17(10-13-22)25-19-6-3-11-20-21-19/h3,6-8,11,14,17H,1-2,4-5,9-10,12-13H2. The lowest BCUT2D eigenvalue weighted by molar-refractivity contribution is 0.128. The normalized spacial score (nSPS) is 19.1. The second kappa shape index (κ2) is 7.32. The van der Waals surface area contributed by atoms with Crippen LogP contribution in [0.15, 0.2) is 41.4 Å². The van der Waals surface area contributed by atoms with Crippen molar-refractivity contribution in [3.8, 4) is 5.88 Å². The molecule has 26 heavy (non-hydrogen) atoms. The zero-order valence-electron chi connectivity index (χ0n) is 14.7. The van der Waals surface area contributed by atoms with Gasteiger partial charge in [0, 0.05) is 25.4 Å². The highest BCUT2D eigenvalue weighted by molar-refractivity contribution is 7.89. The Hall–Kier alpha value is -1.99. The third-order valence-corrected chi connectivity index (χ3v) is 7.09. The molecule has 1 aromatic carbocycles. The molecule has 1 aliphatic carbocycles. The van der Waals surface area contributed by atoms with Crippen LogP contribution in [0.1, 0.15) is 36.8 Å². The number of hydrogen-bond acceptors (Lipinski definition) is 5. The predicted octanol–water partition coefficient (Wildman–Crippen LogP) is 2.59. The molecule has 0 amide bonds. The molecule has 1 saturated heterocycles. The van der Waals surface area contributed by atoms with Crippen LogP contribution in [0.25, 0.3) is 0 Å². The number of nitrogens with zero attached hydrogens (tertiary/aromatic N) is 3. The first-order valence-electron chi connectivity index (χ1n) is 9.19. The van der Waals surface area contributed by atoms with Crippen molar-refractivity contribution < 1.29 is 13.2 Å². The van der Waals surface area contributed by atoms with Gasteiger partial charge < -0.3 is 4.74 Å². The molecule has 2 aliphatic rings. The van der Waals surface area contributed by atoms with Gasteiger partial charge in [-0.1, -0.05) is 6.07 Å². The Kier molecular flexibility index (Phi) is 4.91. The number of piperidine rings is 1. The molecule has 2 aromatic rings. The molecule has 0 N–H and O–H groups in total. The molecule has 7 heteroatoms. The maximum Gasteiger partial charge on any atom is 0.243 e. The summed E-state index contributed by atoms with van der Waals surface area (Å²) in [5.74, 6) is 0.489. The summed E-state index contributed by atoms with van der Waals surface area (Å²) in [6, 6.07) is 9.18. The van der Waals surface area contributed by atoms with E-state index in [-0.39, 0.29) is 6.10 Å². The quantitative estimate of drug-likeness (QED) is 0.824. The Balaban J connectivity index is 1.43. The van der Waals surface area contributed by atoms with Crippen LogP contribution in [0.5, 0.6) is 5.88 Å². The number of rotatable bonds is 4. The zero-order chi connectivity index (χ0) is 18.0. The molecule has 1 aromatic heterocycles. The highest BCUT2D eigenvalue weighted by Gasteiger charge is 2.30. The SMILES string of the molecule is O=S(=O)(c1ccc2c(c1)CCCC2)N1CCC(Oc2cccnn2)CC1. The largest absolute Gasteiger partial charge is 0.473 e. The van der Waals surface area contributed by atoms with E-state index in [1.54, 1.807) is 28.7 Å². The van der Waals surface area contributed by atoms with Gasteiger partial charge in [0.05, 0.1) is 4.90 Å². The van der Waals surface area contributed by atoms with Crippen LogP contribution in [0.2, 0.25) is 0 Å². The van der Waals surface area contributed by atoms with Gasteiger partial charge in [-0.3, -0.25) is 0 Å². The van der Waals surface area contributed by atoms with Gasteiger partial charge in [0.1, 0.15) is 6.10 Å². The number of fused-ring (bicyclic) bond motifs is 1. The lowest BCUT2D eigenvalue weighted by atomic mass is 9.92. The zero-order valence-corrected chi connectivity index (χ0v) is 15.5. The second-order valence-electron chi connectivity index (χ2n) is 6.92. The van der Waals surface area contributed by atoms with Crippen molar-refractivity contribution >= 4 is 10.0 Å². The number of benzene rings is 1. The van der Waals surface area contributed by atoms with Gasteiger partial charge in [-0.05, 0) is 67.9 Å². The molecule has 6 nitrogen and oxygen atoms in total. The summed E-state index contributed by atoms with van der Waals surface area (Å²) in [6.45, 7) is 0.925. The van der Waals surface area contributed by atoms with E-state index in [9.17, 15) is 8.42 Å². The van der Waals surface area contributed by atoms with Crippen LogP contribution in [0, 0.1) is 0 Å². The van der Waals surface area contributed by atoms with Crippen molar-refractivity contribution in [1.82, 2.24) is 14.5 Å². The molecule has 0 atom stereocenters. The van der Waals surface area contributed by atoms with E-state index in [2.05, 4.69) is 10.2 Å². The molecule has 0 spiro atoms. The minimum atomic E-state index is -3.44. The van der Waals surface area contributed by atoms with E-state index >= 15 is 0 Å². The first kappa shape index (κ1) is 17.4. The number of hydrogen-bond donors (Lipinski definition) is 0. The van der Waals surface area contributed by atoms with E-state index < -0.39 is 10.0 Å². The van der Waals surface area contributed by atoms with Gasteiger partial charge in [-0.2, -0.15) is 9.40 Å². The minimum Gasteiger partial charge on any atom is -0.473 e. The summed E-state index contributed by atoms with van der Waals surface area (Å²) in [5, 5.41) is 7.72. The Labute approximate surface area is 154 Å². The highest BCUT2D eigenvalue weighted by atomic mass is 32.2. The fourth-order valence-corrected chi connectivity index (χ4v) is 5.25. The Bertz CT molecular complexity index is 863. The first-order chi connectivity index (χ1) is 12.6. The molecule has 1 aliphatic heterocycles. The molecule has 0 saturated carbocycles. The lowest BCUT2D eigenvalue weighted by Crippen LogP contribution is -2.41. The van der Waals surface area contributed by atoms with Crippen LogP contribution in [0.4, 0.5) is 0 Å². The van der Waals surface area contributed by atoms with Gasteiger partial charge in [0.25, 0.3) is 0 Å². The van der Waals surface area contributed by atoms with E-state index in [0.717, 1.165) is 19.3 Å². The van der Waals surface area contributed by atoms with Crippen molar-refractivity contribution in [2.45, 2.75) is 49.5 Å². The topological polar surface area (TPSA) is 72.4 Å². The van der Waals surface area contributed by atoms with E-state index in [1.165, 1.54) is 17.5 Å². The van der Waals surface area contributed by atoms with Crippen LogP contribution in [-0.2, 0) is 22.9 Å². The van der Waals surface area contributed by atoms with Crippen LogP contribution in [-0.4, -0.2) is 42.1 Å². The third-order valence-electron chi connectivity index (χ3n) is 5.19. The summed E-state index contributed by atoms with van der Waals surface area (Å²) in [6.07, 6.45) is 7.25. The Morgan fingerprint density at radius 3 is 2.54 bits per heavy atom. The average molecular weight is 373 g/mol. The summed E-state index contributed by atoms with van der Waals surface area (Å²) < 4.78 is 33.4. The molecule has 1 fully saturated rings. The van der Waals surface area contributed by atoms with Crippen LogP contribution in [0.3, 0.4) is 0 Å². The van der Waals surface area contributed by atoms with Crippen LogP contribution >= 0.6 is 0 Å². The summed E-state index contributed by atoms with van der Waals surface area (Å²) >= 11 is 0. The van der Waals surface area contributed by atoms with Gasteiger partial charge in [-0.25, -0.2) is 8.42 Å². The third kappa shape index (κ3) is 3.59. The Morgan fingerprint density at radius 2 is 1.81 bits per heavy atom. The number of aromatic nitrogens is 2. The molecule has 0 bridgehead atoms. The van der Waals surface area contributed by atoms with Crippen molar-refractivity contribution in [3.63, 3.8) is 0 Å². The smallest absolute Gasteiger partial charge is 0.243 e. The fourth-order valence-electron chi connectivity index (χ4n) is 3.73. The van der Waals surface area contributed by atoms with Crippen molar-refractivity contribution in [3.05, 3.63) is 47.7 Å². The number of ether oxygens (including phenoxy) is 1. The second-order valence-corrected chi connectivity index (χ2v) is 8.86. The van der Waals surface area contributed by atoms with Gasteiger partial charge in [-0.15, -0.1) is 5.10 Å². The summed E-state index contributed by atoms with van der Waals surface area (Å²) in [7, 11) is -3.44. The molecule has 2 heterocycles. The lowest BCUT2D eigenvalue weighted by Gasteiger charge is -2.31. The molecule has 138 valence electrons. The summed E-state index contributed by atoms with van der Waals surface area (Å²) in [4.78, 5) is 0.423. The molecule has 0 unspecified atom stereocenters. The number of aryl methyl sites for hydroxylation is 2. The van der Waals surface area contributed by atoms with Crippen molar-refractivity contribution in [2.24, 2.45) is 0 Å². The molecule has 4 rings (SSSR count). The van der Waals surface area contributed by atoms with E-state index in [1.807, 2.05) is 12.1 Å². The predicted molar refractivity (Wildman–Crippen MR) is 97.5 cm³/mol. The first-order valence-corrected chi connectivity index (χ1v) is 10.6. The van der Waals surface area contributed by atoms with Gasteiger partial charge in [0.2, 0.25) is 15.9 Å². The molecular weight excluding hydrogens is 350 g/mol. The van der Waals surface area contributed by atoms with Crippen molar-refractivity contribution in [2.75, 3.05) is 13.1 Å². The van der Waals surface area contributed by atoms with Crippen molar-refractivity contribution in [1.29, 1.82) is 0 Å². The van der Waals surface area contributed by atoms with E-state index in [4.69, 9.17) is 4.74 Å². The van der Waals surface area contributed by atoms with Gasteiger partial charge in [0.15, 0.2) is 0 Å². The van der Waals surface area contributed by atoms with Gasteiger partial charge >= 0.3 is 0 Å². The Morgan fingerprint density at radius 1 is 1.04 bits per heavy atom. The number of sulfonamides is 1. The maximum atomic E-state index is 13.0. The highest BCUT2D eigenvalue weighted by Crippen LogP contribution is 2.27. The molecule has 0 radical (unpaired) electrons. The molecular formula is C19H23N3O3S. The average Bonchev–Trinajstić information content (AvgIpc) is 2.69.